The molecule has 8 heteroatoms. The van der Waals surface area contributed by atoms with E-state index in [2.05, 4.69) is 4.72 Å². The van der Waals surface area contributed by atoms with Gasteiger partial charge >= 0.3 is 0 Å². The molecule has 1 atom stereocenters. The molecule has 1 unspecified atom stereocenters. The van der Waals surface area contributed by atoms with E-state index in [-0.39, 0.29) is 23.4 Å². The first-order chi connectivity index (χ1) is 14.3. The van der Waals surface area contributed by atoms with Crippen LogP contribution in [0.2, 0.25) is 0 Å². The number of carbonyl (C=O) groups is 1. The summed E-state index contributed by atoms with van der Waals surface area (Å²) >= 11 is 0. The lowest BCUT2D eigenvalue weighted by molar-refractivity contribution is 0.0462. The lowest BCUT2D eigenvalue weighted by atomic mass is 9.87. The lowest BCUT2D eigenvalue weighted by Gasteiger charge is -2.34. The molecule has 0 radical (unpaired) electrons. The minimum Gasteiger partial charge on any atom is -0.388 e. The molecular formula is C22H25FN2O4S. The third-order valence-corrected chi connectivity index (χ3v) is 7.32. The Bertz CT molecular complexity index is 1020. The van der Waals surface area contributed by atoms with Crippen LogP contribution >= 0.6 is 0 Å². The van der Waals surface area contributed by atoms with Crippen LogP contribution in [0.1, 0.15) is 47.7 Å². The summed E-state index contributed by atoms with van der Waals surface area (Å²) in [6, 6.07) is 12.8. The number of benzene rings is 2. The van der Waals surface area contributed by atoms with Crippen LogP contribution in [0.25, 0.3) is 0 Å². The molecular weight excluding hydrogens is 407 g/mol. The first-order valence-electron chi connectivity index (χ1n) is 10.2. The van der Waals surface area contributed by atoms with E-state index in [9.17, 15) is 22.7 Å². The molecule has 1 amide bonds. The largest absolute Gasteiger partial charge is 0.388 e. The molecule has 2 N–H and O–H groups in total. The van der Waals surface area contributed by atoms with Gasteiger partial charge < -0.3 is 10.0 Å². The van der Waals surface area contributed by atoms with Gasteiger partial charge in [0.25, 0.3) is 5.91 Å². The summed E-state index contributed by atoms with van der Waals surface area (Å²) < 4.78 is 41.4. The second-order valence-corrected chi connectivity index (χ2v) is 9.71. The zero-order chi connectivity index (χ0) is 21.3. The summed E-state index contributed by atoms with van der Waals surface area (Å²) in [4.78, 5) is 14.0. The fourth-order valence-electron chi connectivity index (χ4n) is 3.85. The number of sulfonamides is 1. The van der Waals surface area contributed by atoms with Gasteiger partial charge in [-0.15, -0.1) is 0 Å². The van der Waals surface area contributed by atoms with Gasteiger partial charge in [-0.1, -0.05) is 30.3 Å². The van der Waals surface area contributed by atoms with Crippen molar-refractivity contribution in [2.75, 3.05) is 13.1 Å². The van der Waals surface area contributed by atoms with Gasteiger partial charge in [0, 0.05) is 24.7 Å². The molecule has 1 saturated carbocycles. The van der Waals surface area contributed by atoms with Crippen LogP contribution in [0.4, 0.5) is 4.39 Å². The molecule has 0 aromatic heterocycles. The highest BCUT2D eigenvalue weighted by Gasteiger charge is 2.32. The zero-order valence-corrected chi connectivity index (χ0v) is 17.3. The number of hydrogen-bond acceptors (Lipinski definition) is 4. The minimum absolute atomic E-state index is 0.0448. The number of nitrogens with zero attached hydrogens (tertiary/aromatic N) is 1. The third-order valence-electron chi connectivity index (χ3n) is 5.78. The maximum absolute atomic E-state index is 14.2. The molecule has 6 nitrogen and oxygen atoms in total. The summed E-state index contributed by atoms with van der Waals surface area (Å²) in [6.07, 6.45) is 2.17. The first kappa shape index (κ1) is 21.0. The second kappa shape index (κ2) is 8.45. The number of amides is 1. The van der Waals surface area contributed by atoms with Crippen molar-refractivity contribution < 1.29 is 22.7 Å². The number of aliphatic hydroxyl groups excluding tert-OH is 1. The van der Waals surface area contributed by atoms with Crippen LogP contribution in [0, 0.1) is 11.7 Å². The molecule has 1 aliphatic heterocycles. The minimum atomic E-state index is -3.99. The average molecular weight is 433 g/mol. The van der Waals surface area contributed by atoms with Crippen molar-refractivity contribution in [2.45, 2.75) is 42.7 Å². The summed E-state index contributed by atoms with van der Waals surface area (Å²) in [6.45, 7) is 0.903. The van der Waals surface area contributed by atoms with Crippen molar-refractivity contribution in [1.82, 2.24) is 9.62 Å². The number of carbonyl (C=O) groups excluding carboxylic acids is 1. The monoisotopic (exact) mass is 432 g/mol. The molecule has 0 bridgehead atoms. The quantitative estimate of drug-likeness (QED) is 0.735. The van der Waals surface area contributed by atoms with Gasteiger partial charge in [0.15, 0.2) is 0 Å². The predicted molar refractivity (Wildman–Crippen MR) is 110 cm³/mol. The van der Waals surface area contributed by atoms with Crippen LogP contribution in [0.5, 0.6) is 0 Å². The number of piperidine rings is 1. The van der Waals surface area contributed by atoms with Crippen molar-refractivity contribution in [3.8, 4) is 0 Å². The molecule has 4 rings (SSSR count). The fourth-order valence-corrected chi connectivity index (χ4v) is 5.26. The van der Waals surface area contributed by atoms with Gasteiger partial charge in [-0.2, -0.15) is 0 Å². The van der Waals surface area contributed by atoms with E-state index in [0.29, 0.717) is 25.9 Å². The number of nitrogens with one attached hydrogen (secondary N) is 1. The highest BCUT2D eigenvalue weighted by molar-refractivity contribution is 7.89. The van der Waals surface area contributed by atoms with Crippen molar-refractivity contribution in [2.24, 2.45) is 5.92 Å². The Morgan fingerprint density at radius 3 is 2.37 bits per heavy atom. The van der Waals surface area contributed by atoms with Gasteiger partial charge in [-0.25, -0.2) is 17.5 Å². The molecule has 30 heavy (non-hydrogen) atoms. The van der Waals surface area contributed by atoms with Crippen LogP contribution in [0.15, 0.2) is 53.4 Å². The summed E-state index contributed by atoms with van der Waals surface area (Å²) in [5, 5.41) is 10.6. The summed E-state index contributed by atoms with van der Waals surface area (Å²) in [7, 11) is -3.99. The molecule has 1 saturated heterocycles. The Hall–Kier alpha value is -2.29. The topological polar surface area (TPSA) is 86.7 Å². The number of aliphatic hydroxyl groups is 1. The molecule has 1 aliphatic carbocycles. The third kappa shape index (κ3) is 4.55. The van der Waals surface area contributed by atoms with Gasteiger partial charge in [-0.05, 0) is 55.4 Å². The molecule has 2 aromatic rings. The highest BCUT2D eigenvalue weighted by atomic mass is 32.2. The average Bonchev–Trinajstić information content (AvgIpc) is 3.57. The molecule has 0 spiro atoms. The molecule has 2 aliphatic rings. The molecule has 2 aromatic carbocycles. The van der Waals surface area contributed by atoms with Crippen molar-refractivity contribution in [3.05, 3.63) is 65.5 Å². The van der Waals surface area contributed by atoms with Gasteiger partial charge in [0.05, 0.1) is 6.10 Å². The molecule has 2 fully saturated rings. The van der Waals surface area contributed by atoms with Gasteiger partial charge in [0.2, 0.25) is 10.0 Å². The Morgan fingerprint density at radius 1 is 1.07 bits per heavy atom. The Kier molecular flexibility index (Phi) is 5.90. The van der Waals surface area contributed by atoms with Gasteiger partial charge in [-0.3, -0.25) is 4.79 Å². The van der Waals surface area contributed by atoms with Crippen LogP contribution in [-0.2, 0) is 10.0 Å². The van der Waals surface area contributed by atoms with Crippen molar-refractivity contribution in [1.29, 1.82) is 0 Å². The lowest BCUT2D eigenvalue weighted by Crippen LogP contribution is -2.40. The highest BCUT2D eigenvalue weighted by Crippen LogP contribution is 2.31. The first-order valence-corrected chi connectivity index (χ1v) is 11.7. The van der Waals surface area contributed by atoms with Gasteiger partial charge in [0.1, 0.15) is 10.7 Å². The van der Waals surface area contributed by atoms with E-state index < -0.39 is 26.8 Å². The Labute approximate surface area is 175 Å². The van der Waals surface area contributed by atoms with E-state index in [1.54, 1.807) is 4.90 Å². The number of likely N-dealkylation sites (tertiary alicyclic amines) is 1. The van der Waals surface area contributed by atoms with E-state index in [1.165, 1.54) is 6.07 Å². The second-order valence-electron chi connectivity index (χ2n) is 8.03. The maximum Gasteiger partial charge on any atom is 0.253 e. The van der Waals surface area contributed by atoms with Crippen molar-refractivity contribution in [3.63, 3.8) is 0 Å². The molecule has 160 valence electrons. The SMILES string of the molecule is O=C(c1ccc(F)c(S(=O)(=O)NC2CC2)c1)N1CCC(C(O)c2ccccc2)CC1. The Balaban J connectivity index is 1.43. The summed E-state index contributed by atoms with van der Waals surface area (Å²) in [5.41, 5.74) is 1.01. The number of hydrogen-bond donors (Lipinski definition) is 2. The van der Waals surface area contributed by atoms with E-state index >= 15 is 0 Å². The zero-order valence-electron chi connectivity index (χ0n) is 16.5. The van der Waals surface area contributed by atoms with E-state index in [4.69, 9.17) is 0 Å². The molecule has 1 heterocycles. The normalized spacial score (nSPS) is 18.9. The number of rotatable bonds is 6. The van der Waals surface area contributed by atoms with Crippen LogP contribution < -0.4 is 4.72 Å². The number of halogens is 1. The van der Waals surface area contributed by atoms with Crippen LogP contribution in [-0.4, -0.2) is 43.5 Å². The van der Waals surface area contributed by atoms with E-state index in [0.717, 1.165) is 30.5 Å². The fraction of sp³-hybridized carbons (Fsp3) is 0.409. The van der Waals surface area contributed by atoms with Crippen LogP contribution in [0.3, 0.4) is 0 Å². The standard InChI is InChI=1S/C22H25FN2O4S/c23-19-9-6-17(14-20(19)30(28,29)24-18-7-8-18)22(27)25-12-10-16(11-13-25)21(26)15-4-2-1-3-5-15/h1-6,9,14,16,18,21,24,26H,7-8,10-13H2. The van der Waals surface area contributed by atoms with Crippen molar-refractivity contribution >= 4 is 15.9 Å². The van der Waals surface area contributed by atoms with E-state index in [1.807, 2.05) is 30.3 Å². The summed E-state index contributed by atoms with van der Waals surface area (Å²) in [5.74, 6) is -1.15. The Morgan fingerprint density at radius 2 is 1.73 bits per heavy atom. The smallest absolute Gasteiger partial charge is 0.253 e. The predicted octanol–water partition coefficient (Wildman–Crippen LogP) is 2.85. The maximum atomic E-state index is 14.2.